The summed E-state index contributed by atoms with van der Waals surface area (Å²) in [7, 11) is 0. The van der Waals surface area contributed by atoms with Gasteiger partial charge in [0.2, 0.25) is 0 Å². The van der Waals surface area contributed by atoms with Crippen molar-refractivity contribution in [2.24, 2.45) is 0 Å². The number of aliphatic hydroxyl groups is 1. The molecule has 0 bridgehead atoms. The first-order chi connectivity index (χ1) is 8.65. The zero-order valence-electron chi connectivity index (χ0n) is 11.8. The molecule has 0 radical (unpaired) electrons. The van der Waals surface area contributed by atoms with Crippen LogP contribution in [0.1, 0.15) is 69.4 Å². The fraction of sp³-hybridized carbons (Fsp3) is 0.647. The summed E-state index contributed by atoms with van der Waals surface area (Å²) in [5.41, 5.74) is 2.71. The topological polar surface area (TPSA) is 20.2 Å². The highest BCUT2D eigenvalue weighted by Gasteiger charge is 2.26. The Hall–Kier alpha value is -0.820. The maximum atomic E-state index is 9.63. The van der Waals surface area contributed by atoms with Crippen molar-refractivity contribution in [1.29, 1.82) is 0 Å². The molecule has 0 atom stereocenters. The second kappa shape index (κ2) is 5.88. The molecule has 1 aliphatic carbocycles. The van der Waals surface area contributed by atoms with E-state index in [1.54, 1.807) is 0 Å². The molecule has 1 heteroatoms. The molecule has 1 saturated carbocycles. The summed E-state index contributed by atoms with van der Waals surface area (Å²) >= 11 is 0. The number of hydrogen-bond donors (Lipinski definition) is 1. The van der Waals surface area contributed by atoms with Gasteiger partial charge in [-0.2, -0.15) is 0 Å². The number of hydrogen-bond acceptors (Lipinski definition) is 1. The molecule has 0 spiro atoms. The van der Waals surface area contributed by atoms with Crippen molar-refractivity contribution in [2.75, 3.05) is 6.61 Å². The van der Waals surface area contributed by atoms with Gasteiger partial charge in [-0.3, -0.25) is 0 Å². The zero-order valence-corrected chi connectivity index (χ0v) is 11.8. The van der Waals surface area contributed by atoms with Crippen molar-refractivity contribution < 1.29 is 5.11 Å². The first-order valence-electron chi connectivity index (χ1n) is 7.35. The summed E-state index contributed by atoms with van der Waals surface area (Å²) in [6.45, 7) is 4.50. The largest absolute Gasteiger partial charge is 0.395 e. The molecule has 1 aliphatic rings. The maximum Gasteiger partial charge on any atom is 0.0522 e. The van der Waals surface area contributed by atoms with Crippen LogP contribution in [-0.4, -0.2) is 11.7 Å². The molecule has 0 amide bonds. The fourth-order valence-electron chi connectivity index (χ4n) is 3.14. The van der Waals surface area contributed by atoms with E-state index >= 15 is 0 Å². The van der Waals surface area contributed by atoms with Crippen LogP contribution in [-0.2, 0) is 5.41 Å². The minimum absolute atomic E-state index is 0.122. The Balaban J connectivity index is 2.31. The van der Waals surface area contributed by atoms with E-state index in [9.17, 15) is 5.11 Å². The van der Waals surface area contributed by atoms with Crippen LogP contribution in [0.4, 0.5) is 0 Å². The molecular formula is C17H26O. The van der Waals surface area contributed by atoms with E-state index in [1.165, 1.54) is 49.7 Å². The molecule has 1 fully saturated rings. The average molecular weight is 246 g/mol. The van der Waals surface area contributed by atoms with Crippen molar-refractivity contribution >= 4 is 0 Å². The third kappa shape index (κ3) is 2.95. The van der Waals surface area contributed by atoms with Gasteiger partial charge in [0, 0.05) is 5.41 Å². The highest BCUT2D eigenvalue weighted by Crippen LogP contribution is 2.37. The Morgan fingerprint density at radius 3 is 2.28 bits per heavy atom. The first kappa shape index (κ1) is 13.6. The molecule has 1 N–H and O–H groups in total. The molecule has 1 nitrogen and oxygen atoms in total. The highest BCUT2D eigenvalue weighted by molar-refractivity contribution is 5.36. The molecule has 18 heavy (non-hydrogen) atoms. The van der Waals surface area contributed by atoms with E-state index in [0.29, 0.717) is 5.92 Å². The lowest BCUT2D eigenvalue weighted by molar-refractivity contribution is 0.217. The first-order valence-corrected chi connectivity index (χ1v) is 7.35. The molecule has 0 unspecified atom stereocenters. The van der Waals surface area contributed by atoms with E-state index in [4.69, 9.17) is 0 Å². The van der Waals surface area contributed by atoms with E-state index in [-0.39, 0.29) is 12.0 Å². The Morgan fingerprint density at radius 1 is 1.06 bits per heavy atom. The normalized spacial score (nSPS) is 18.6. The quantitative estimate of drug-likeness (QED) is 0.784. The van der Waals surface area contributed by atoms with Crippen molar-refractivity contribution in [3.8, 4) is 0 Å². The van der Waals surface area contributed by atoms with Crippen molar-refractivity contribution in [3.63, 3.8) is 0 Å². The predicted molar refractivity (Wildman–Crippen MR) is 77.0 cm³/mol. The van der Waals surface area contributed by atoms with Crippen molar-refractivity contribution in [1.82, 2.24) is 0 Å². The van der Waals surface area contributed by atoms with Gasteiger partial charge in [-0.15, -0.1) is 0 Å². The summed E-state index contributed by atoms with van der Waals surface area (Å²) in [6.07, 6.45) is 8.14. The number of aliphatic hydroxyl groups excluding tert-OH is 1. The lowest BCUT2D eigenvalue weighted by Crippen LogP contribution is -2.24. The molecule has 1 aromatic carbocycles. The molecule has 0 heterocycles. The molecule has 0 aromatic heterocycles. The third-order valence-electron chi connectivity index (χ3n) is 4.38. The fourth-order valence-corrected chi connectivity index (χ4v) is 3.14. The number of benzene rings is 1. The highest BCUT2D eigenvalue weighted by atomic mass is 16.3. The Labute approximate surface area is 111 Å². The van der Waals surface area contributed by atoms with E-state index < -0.39 is 0 Å². The van der Waals surface area contributed by atoms with Crippen LogP contribution in [0, 0.1) is 0 Å². The van der Waals surface area contributed by atoms with Crippen LogP contribution in [0.3, 0.4) is 0 Å². The van der Waals surface area contributed by atoms with Gasteiger partial charge in [0.05, 0.1) is 6.61 Å². The van der Waals surface area contributed by atoms with Gasteiger partial charge in [-0.25, -0.2) is 0 Å². The lowest BCUT2D eigenvalue weighted by atomic mass is 9.77. The minimum Gasteiger partial charge on any atom is -0.395 e. The van der Waals surface area contributed by atoms with Gasteiger partial charge in [-0.1, -0.05) is 63.8 Å². The zero-order chi connectivity index (χ0) is 13.0. The third-order valence-corrected chi connectivity index (χ3v) is 4.38. The monoisotopic (exact) mass is 246 g/mol. The SMILES string of the molecule is CC(C)(CO)c1ccccc1C1CCCCCC1. The van der Waals surface area contributed by atoms with E-state index in [2.05, 4.69) is 38.1 Å². The summed E-state index contributed by atoms with van der Waals surface area (Å²) in [4.78, 5) is 0. The van der Waals surface area contributed by atoms with E-state index in [1.807, 2.05) is 0 Å². The van der Waals surface area contributed by atoms with Gasteiger partial charge in [0.15, 0.2) is 0 Å². The molecule has 0 aliphatic heterocycles. The van der Waals surface area contributed by atoms with Crippen LogP contribution < -0.4 is 0 Å². The molecule has 1 aromatic rings. The van der Waals surface area contributed by atoms with E-state index in [0.717, 1.165) is 0 Å². The smallest absolute Gasteiger partial charge is 0.0522 e. The van der Waals surface area contributed by atoms with Crippen molar-refractivity contribution in [2.45, 2.75) is 63.7 Å². The molecule has 2 rings (SSSR count). The maximum absolute atomic E-state index is 9.63. The summed E-state index contributed by atoms with van der Waals surface area (Å²) in [5.74, 6) is 0.703. The Kier molecular flexibility index (Phi) is 4.45. The second-order valence-corrected chi connectivity index (χ2v) is 6.32. The Bertz CT molecular complexity index is 373. The van der Waals surface area contributed by atoms with Gasteiger partial charge in [0.1, 0.15) is 0 Å². The molecule has 100 valence electrons. The summed E-state index contributed by atoms with van der Waals surface area (Å²) < 4.78 is 0. The predicted octanol–water partition coefficient (Wildman–Crippen LogP) is 4.39. The second-order valence-electron chi connectivity index (χ2n) is 6.32. The summed E-state index contributed by atoms with van der Waals surface area (Å²) in [5, 5.41) is 9.63. The van der Waals surface area contributed by atoms with Crippen LogP contribution in [0.2, 0.25) is 0 Å². The Morgan fingerprint density at radius 2 is 1.67 bits per heavy atom. The van der Waals surface area contributed by atoms with Crippen LogP contribution >= 0.6 is 0 Å². The van der Waals surface area contributed by atoms with Gasteiger partial charge >= 0.3 is 0 Å². The molecular weight excluding hydrogens is 220 g/mol. The minimum atomic E-state index is -0.122. The average Bonchev–Trinajstić information content (AvgIpc) is 2.67. The van der Waals surface area contributed by atoms with Gasteiger partial charge in [-0.05, 0) is 29.9 Å². The van der Waals surface area contributed by atoms with Crippen LogP contribution in [0.15, 0.2) is 24.3 Å². The van der Waals surface area contributed by atoms with Crippen LogP contribution in [0.5, 0.6) is 0 Å². The standard InChI is InChI=1S/C17H26O/c1-17(2,13-18)16-12-8-7-11-15(16)14-9-5-3-4-6-10-14/h7-8,11-12,14,18H,3-6,9-10,13H2,1-2H3. The van der Waals surface area contributed by atoms with Crippen molar-refractivity contribution in [3.05, 3.63) is 35.4 Å². The van der Waals surface area contributed by atoms with Gasteiger partial charge < -0.3 is 5.11 Å². The number of rotatable bonds is 3. The molecule has 0 saturated heterocycles. The van der Waals surface area contributed by atoms with Gasteiger partial charge in [0.25, 0.3) is 0 Å². The summed E-state index contributed by atoms with van der Waals surface area (Å²) in [6, 6.07) is 8.74. The lowest BCUT2D eigenvalue weighted by Gasteiger charge is -2.28. The van der Waals surface area contributed by atoms with Crippen LogP contribution in [0.25, 0.3) is 0 Å².